The van der Waals surface area contributed by atoms with E-state index in [-0.39, 0.29) is 0 Å². The summed E-state index contributed by atoms with van der Waals surface area (Å²) < 4.78 is 10.4. The van der Waals surface area contributed by atoms with Crippen LogP contribution in [0.15, 0.2) is 12.4 Å². The van der Waals surface area contributed by atoms with Gasteiger partial charge in [-0.25, -0.2) is 9.97 Å². The van der Waals surface area contributed by atoms with Gasteiger partial charge < -0.3 is 14.4 Å². The summed E-state index contributed by atoms with van der Waals surface area (Å²) >= 11 is 0. The lowest BCUT2D eigenvalue weighted by Gasteiger charge is -2.31. The summed E-state index contributed by atoms with van der Waals surface area (Å²) in [7, 11) is 3.67. The summed E-state index contributed by atoms with van der Waals surface area (Å²) in [6.07, 6.45) is 3.62. The fraction of sp³-hybridized carbons (Fsp3) is 0.636. The number of nitrogens with zero attached hydrogens (tertiary/aromatic N) is 3. The van der Waals surface area contributed by atoms with Gasteiger partial charge in [0.05, 0.1) is 7.11 Å². The quantitative estimate of drug-likeness (QED) is 0.768. The SMILES string of the molecule is COc1cc(N(C)C2CCOCC2)ncn1. The Morgan fingerprint density at radius 2 is 2.12 bits per heavy atom. The van der Waals surface area contributed by atoms with Crippen molar-refractivity contribution in [2.45, 2.75) is 18.9 Å². The summed E-state index contributed by atoms with van der Waals surface area (Å²) in [5.74, 6) is 1.50. The first-order valence-electron chi connectivity index (χ1n) is 5.48. The minimum atomic E-state index is 0.494. The normalized spacial score (nSPS) is 17.1. The van der Waals surface area contributed by atoms with Crippen LogP contribution in [0, 0.1) is 0 Å². The molecule has 0 aliphatic carbocycles. The maximum atomic E-state index is 5.35. The van der Waals surface area contributed by atoms with Gasteiger partial charge in [0.25, 0.3) is 0 Å². The lowest BCUT2D eigenvalue weighted by Crippen LogP contribution is -2.37. The van der Waals surface area contributed by atoms with Crippen molar-refractivity contribution >= 4 is 5.82 Å². The summed E-state index contributed by atoms with van der Waals surface area (Å²) in [5, 5.41) is 0. The minimum absolute atomic E-state index is 0.494. The Bertz CT molecular complexity index is 340. The number of rotatable bonds is 3. The predicted molar refractivity (Wildman–Crippen MR) is 60.8 cm³/mol. The smallest absolute Gasteiger partial charge is 0.218 e. The van der Waals surface area contributed by atoms with Crippen LogP contribution in [0.1, 0.15) is 12.8 Å². The second-order valence-corrected chi connectivity index (χ2v) is 3.87. The first-order valence-corrected chi connectivity index (χ1v) is 5.48. The van der Waals surface area contributed by atoms with Crippen LogP contribution in [0.2, 0.25) is 0 Å². The molecule has 16 heavy (non-hydrogen) atoms. The lowest BCUT2D eigenvalue weighted by atomic mass is 10.1. The molecule has 2 rings (SSSR count). The largest absolute Gasteiger partial charge is 0.481 e. The van der Waals surface area contributed by atoms with E-state index in [1.807, 2.05) is 6.07 Å². The van der Waals surface area contributed by atoms with E-state index >= 15 is 0 Å². The molecule has 1 aliphatic rings. The van der Waals surface area contributed by atoms with Crippen LogP contribution < -0.4 is 9.64 Å². The van der Waals surface area contributed by atoms with Gasteiger partial charge in [0.2, 0.25) is 5.88 Å². The first-order chi connectivity index (χ1) is 7.81. The van der Waals surface area contributed by atoms with Crippen molar-refractivity contribution in [1.82, 2.24) is 9.97 Å². The molecule has 5 heteroatoms. The number of anilines is 1. The van der Waals surface area contributed by atoms with Gasteiger partial charge in [-0.3, -0.25) is 0 Å². The van der Waals surface area contributed by atoms with Crippen molar-refractivity contribution in [3.8, 4) is 5.88 Å². The van der Waals surface area contributed by atoms with E-state index in [0.29, 0.717) is 11.9 Å². The molecule has 5 nitrogen and oxygen atoms in total. The zero-order chi connectivity index (χ0) is 11.4. The van der Waals surface area contributed by atoms with E-state index in [4.69, 9.17) is 9.47 Å². The van der Waals surface area contributed by atoms with Gasteiger partial charge in [0.1, 0.15) is 12.1 Å². The molecule has 1 saturated heterocycles. The second-order valence-electron chi connectivity index (χ2n) is 3.87. The summed E-state index contributed by atoms with van der Waals surface area (Å²) in [6, 6.07) is 2.35. The molecule has 88 valence electrons. The number of hydrogen-bond donors (Lipinski definition) is 0. The van der Waals surface area contributed by atoms with Crippen LogP contribution in [0.3, 0.4) is 0 Å². The third-order valence-electron chi connectivity index (χ3n) is 2.94. The van der Waals surface area contributed by atoms with Crippen LogP contribution >= 0.6 is 0 Å². The summed E-state index contributed by atoms with van der Waals surface area (Å²) in [5.41, 5.74) is 0. The molecule has 1 aliphatic heterocycles. The molecule has 0 radical (unpaired) electrons. The zero-order valence-electron chi connectivity index (χ0n) is 9.72. The molecule has 1 aromatic heterocycles. The van der Waals surface area contributed by atoms with E-state index in [1.165, 1.54) is 6.33 Å². The molecule has 0 bridgehead atoms. The van der Waals surface area contributed by atoms with Crippen LogP contribution in [0.4, 0.5) is 5.82 Å². The Hall–Kier alpha value is -1.36. The van der Waals surface area contributed by atoms with Gasteiger partial charge in [-0.2, -0.15) is 0 Å². The van der Waals surface area contributed by atoms with Crippen LogP contribution in [0.5, 0.6) is 5.88 Å². The molecular formula is C11H17N3O2. The Labute approximate surface area is 95.4 Å². The second kappa shape index (κ2) is 5.12. The lowest BCUT2D eigenvalue weighted by molar-refractivity contribution is 0.0853. The van der Waals surface area contributed by atoms with E-state index < -0.39 is 0 Å². The van der Waals surface area contributed by atoms with Crippen molar-refractivity contribution in [2.75, 3.05) is 32.3 Å². The fourth-order valence-electron chi connectivity index (χ4n) is 1.89. The summed E-state index contributed by atoms with van der Waals surface area (Å²) in [6.45, 7) is 1.66. The highest BCUT2D eigenvalue weighted by molar-refractivity contribution is 5.41. The molecule has 0 spiro atoms. The van der Waals surface area contributed by atoms with E-state index in [2.05, 4.69) is 21.9 Å². The minimum Gasteiger partial charge on any atom is -0.481 e. The standard InChI is InChI=1S/C11H17N3O2/c1-14(9-3-5-16-6-4-9)10-7-11(15-2)13-8-12-10/h7-9H,3-6H2,1-2H3. The zero-order valence-corrected chi connectivity index (χ0v) is 9.72. The average molecular weight is 223 g/mol. The molecular weight excluding hydrogens is 206 g/mol. The number of aromatic nitrogens is 2. The fourth-order valence-corrected chi connectivity index (χ4v) is 1.89. The highest BCUT2D eigenvalue weighted by atomic mass is 16.5. The van der Waals surface area contributed by atoms with E-state index in [0.717, 1.165) is 31.9 Å². The molecule has 0 atom stereocenters. The molecule has 1 fully saturated rings. The van der Waals surface area contributed by atoms with Gasteiger partial charge in [-0.15, -0.1) is 0 Å². The van der Waals surface area contributed by atoms with Crippen LogP contribution in [-0.4, -0.2) is 43.4 Å². The van der Waals surface area contributed by atoms with Gasteiger partial charge in [0, 0.05) is 32.4 Å². The average Bonchev–Trinajstić information content (AvgIpc) is 2.39. The van der Waals surface area contributed by atoms with Crippen molar-refractivity contribution in [1.29, 1.82) is 0 Å². The van der Waals surface area contributed by atoms with E-state index in [1.54, 1.807) is 7.11 Å². The highest BCUT2D eigenvalue weighted by Crippen LogP contribution is 2.20. The number of methoxy groups -OCH3 is 1. The van der Waals surface area contributed by atoms with Gasteiger partial charge in [-0.1, -0.05) is 0 Å². The molecule has 0 aromatic carbocycles. The number of hydrogen-bond acceptors (Lipinski definition) is 5. The van der Waals surface area contributed by atoms with Crippen molar-refractivity contribution in [3.63, 3.8) is 0 Å². The van der Waals surface area contributed by atoms with E-state index in [9.17, 15) is 0 Å². The topological polar surface area (TPSA) is 47.5 Å². The molecule has 0 N–H and O–H groups in total. The van der Waals surface area contributed by atoms with Crippen molar-refractivity contribution in [3.05, 3.63) is 12.4 Å². The Kier molecular flexibility index (Phi) is 3.56. The Morgan fingerprint density at radius 1 is 1.38 bits per heavy atom. The molecule has 2 heterocycles. The molecule has 0 saturated carbocycles. The van der Waals surface area contributed by atoms with Crippen molar-refractivity contribution in [2.24, 2.45) is 0 Å². The van der Waals surface area contributed by atoms with Gasteiger partial charge >= 0.3 is 0 Å². The molecule has 0 amide bonds. The van der Waals surface area contributed by atoms with Gasteiger partial charge in [-0.05, 0) is 12.8 Å². The number of ether oxygens (including phenoxy) is 2. The molecule has 0 unspecified atom stereocenters. The predicted octanol–water partition coefficient (Wildman–Crippen LogP) is 1.10. The molecule has 1 aromatic rings. The van der Waals surface area contributed by atoms with Gasteiger partial charge in [0.15, 0.2) is 0 Å². The van der Waals surface area contributed by atoms with Crippen molar-refractivity contribution < 1.29 is 9.47 Å². The van der Waals surface area contributed by atoms with Crippen LogP contribution in [-0.2, 0) is 4.74 Å². The summed E-state index contributed by atoms with van der Waals surface area (Å²) in [4.78, 5) is 10.4. The first kappa shape index (κ1) is 11.1. The third kappa shape index (κ3) is 2.41. The highest BCUT2D eigenvalue weighted by Gasteiger charge is 2.19. The third-order valence-corrected chi connectivity index (χ3v) is 2.94. The maximum absolute atomic E-state index is 5.35. The Morgan fingerprint density at radius 3 is 2.81 bits per heavy atom. The maximum Gasteiger partial charge on any atom is 0.218 e. The monoisotopic (exact) mass is 223 g/mol. The Balaban J connectivity index is 2.09. The van der Waals surface area contributed by atoms with Crippen LogP contribution in [0.25, 0.3) is 0 Å².